The first kappa shape index (κ1) is 15.5. The largest absolute Gasteiger partial charge is 0.482 e. The van der Waals surface area contributed by atoms with Gasteiger partial charge in [0.2, 0.25) is 5.82 Å². The Kier molecular flexibility index (Phi) is 5.33. The molecule has 0 fully saturated rings. The Morgan fingerprint density at radius 2 is 2.05 bits per heavy atom. The summed E-state index contributed by atoms with van der Waals surface area (Å²) in [4.78, 5) is 0. The van der Waals surface area contributed by atoms with Gasteiger partial charge in [0.25, 0.3) is 0 Å². The molecule has 0 radical (unpaired) electrons. The van der Waals surface area contributed by atoms with Crippen molar-refractivity contribution in [1.29, 1.82) is 0 Å². The minimum absolute atomic E-state index is 0.0616. The normalized spacial score (nSPS) is 11.1. The Balaban J connectivity index is 1.94. The third-order valence-corrected chi connectivity index (χ3v) is 2.98. The molecule has 0 atom stereocenters. The van der Waals surface area contributed by atoms with E-state index < -0.39 is 11.6 Å². The molecule has 0 unspecified atom stereocenters. The monoisotopic (exact) mass is 295 g/mol. The standard InChI is InChI=1S/C16H19F2NO2/c1-11(2)8-19-9-12-6-7-20-15(12)10-21-14-5-3-4-13(17)16(14)18/h3-7,11,19H,8-10H2,1-2H3. The molecule has 1 N–H and O–H groups in total. The summed E-state index contributed by atoms with van der Waals surface area (Å²) < 4.78 is 37.2. The lowest BCUT2D eigenvalue weighted by atomic mass is 10.2. The van der Waals surface area contributed by atoms with Gasteiger partial charge in [-0.3, -0.25) is 0 Å². The van der Waals surface area contributed by atoms with Gasteiger partial charge >= 0.3 is 0 Å². The molecular weight excluding hydrogens is 276 g/mol. The van der Waals surface area contributed by atoms with Crippen molar-refractivity contribution in [3.8, 4) is 5.75 Å². The van der Waals surface area contributed by atoms with Gasteiger partial charge in [-0.1, -0.05) is 19.9 Å². The van der Waals surface area contributed by atoms with Crippen LogP contribution in [0.15, 0.2) is 34.9 Å². The van der Waals surface area contributed by atoms with Gasteiger partial charge in [0, 0.05) is 12.1 Å². The lowest BCUT2D eigenvalue weighted by Gasteiger charge is -2.09. The molecule has 0 spiro atoms. The Bertz CT molecular complexity index is 581. The van der Waals surface area contributed by atoms with E-state index in [1.807, 2.05) is 6.07 Å². The highest BCUT2D eigenvalue weighted by atomic mass is 19.2. The summed E-state index contributed by atoms with van der Waals surface area (Å²) in [6.45, 7) is 5.85. The quantitative estimate of drug-likeness (QED) is 0.841. The average Bonchev–Trinajstić information content (AvgIpc) is 2.88. The maximum atomic E-state index is 13.5. The number of ether oxygens (including phenoxy) is 1. The number of halogens is 2. The second-order valence-corrected chi connectivity index (χ2v) is 5.23. The van der Waals surface area contributed by atoms with Crippen molar-refractivity contribution < 1.29 is 17.9 Å². The number of rotatable bonds is 7. The number of benzene rings is 1. The SMILES string of the molecule is CC(C)CNCc1ccoc1COc1cccc(F)c1F. The number of hydrogen-bond acceptors (Lipinski definition) is 3. The van der Waals surface area contributed by atoms with Gasteiger partial charge < -0.3 is 14.5 Å². The third kappa shape index (κ3) is 4.29. The topological polar surface area (TPSA) is 34.4 Å². The van der Waals surface area contributed by atoms with Crippen LogP contribution in [0.5, 0.6) is 5.75 Å². The van der Waals surface area contributed by atoms with E-state index in [4.69, 9.17) is 9.15 Å². The zero-order valence-electron chi connectivity index (χ0n) is 12.2. The Labute approximate surface area is 122 Å². The Hall–Kier alpha value is -1.88. The molecule has 0 amide bonds. The van der Waals surface area contributed by atoms with Crippen LogP contribution in [0.1, 0.15) is 25.2 Å². The fraction of sp³-hybridized carbons (Fsp3) is 0.375. The molecule has 0 aliphatic heterocycles. The summed E-state index contributed by atoms with van der Waals surface area (Å²) in [6, 6.07) is 5.68. The third-order valence-electron chi connectivity index (χ3n) is 2.98. The molecule has 0 aliphatic rings. The van der Waals surface area contributed by atoms with Gasteiger partial charge in [0.05, 0.1) is 6.26 Å². The molecule has 0 aliphatic carbocycles. The fourth-order valence-corrected chi connectivity index (χ4v) is 1.89. The molecule has 2 aromatic rings. The van der Waals surface area contributed by atoms with Crippen LogP contribution in [0.25, 0.3) is 0 Å². The van der Waals surface area contributed by atoms with Crippen molar-refractivity contribution in [2.24, 2.45) is 5.92 Å². The molecule has 0 bridgehead atoms. The Morgan fingerprint density at radius 1 is 1.24 bits per heavy atom. The van der Waals surface area contributed by atoms with E-state index in [2.05, 4.69) is 19.2 Å². The molecule has 1 heterocycles. The van der Waals surface area contributed by atoms with Gasteiger partial charge in [0.15, 0.2) is 11.6 Å². The molecule has 0 saturated heterocycles. The minimum atomic E-state index is -0.983. The summed E-state index contributed by atoms with van der Waals surface area (Å²) in [6.07, 6.45) is 1.56. The van der Waals surface area contributed by atoms with E-state index in [1.165, 1.54) is 12.1 Å². The first-order valence-corrected chi connectivity index (χ1v) is 6.90. The first-order valence-electron chi connectivity index (χ1n) is 6.90. The lowest BCUT2D eigenvalue weighted by Crippen LogP contribution is -2.19. The van der Waals surface area contributed by atoms with Gasteiger partial charge in [-0.05, 0) is 30.7 Å². The van der Waals surface area contributed by atoms with E-state index in [-0.39, 0.29) is 12.4 Å². The molecule has 3 nitrogen and oxygen atoms in total. The number of hydrogen-bond donors (Lipinski definition) is 1. The summed E-state index contributed by atoms with van der Waals surface area (Å²) in [5.41, 5.74) is 0.951. The highest BCUT2D eigenvalue weighted by Crippen LogP contribution is 2.21. The van der Waals surface area contributed by atoms with E-state index in [1.54, 1.807) is 6.26 Å². The van der Waals surface area contributed by atoms with Crippen LogP contribution in [0.4, 0.5) is 8.78 Å². The van der Waals surface area contributed by atoms with Crippen molar-refractivity contribution in [3.05, 3.63) is 53.5 Å². The van der Waals surface area contributed by atoms with E-state index in [0.717, 1.165) is 18.2 Å². The number of nitrogens with one attached hydrogen (secondary N) is 1. The van der Waals surface area contributed by atoms with Crippen LogP contribution < -0.4 is 10.1 Å². The second kappa shape index (κ2) is 7.22. The van der Waals surface area contributed by atoms with Crippen molar-refractivity contribution in [2.75, 3.05) is 6.54 Å². The van der Waals surface area contributed by atoms with E-state index in [0.29, 0.717) is 18.2 Å². The van der Waals surface area contributed by atoms with E-state index in [9.17, 15) is 8.78 Å². The maximum absolute atomic E-state index is 13.5. The molecule has 0 saturated carbocycles. The van der Waals surface area contributed by atoms with Crippen LogP contribution in [0.2, 0.25) is 0 Å². The van der Waals surface area contributed by atoms with Crippen molar-refractivity contribution in [1.82, 2.24) is 5.32 Å². The summed E-state index contributed by atoms with van der Waals surface area (Å²) >= 11 is 0. The van der Waals surface area contributed by atoms with Crippen LogP contribution in [-0.4, -0.2) is 6.54 Å². The minimum Gasteiger partial charge on any atom is -0.482 e. The molecule has 1 aromatic heterocycles. The highest BCUT2D eigenvalue weighted by molar-refractivity contribution is 5.26. The molecule has 21 heavy (non-hydrogen) atoms. The summed E-state index contributed by atoms with van der Waals surface area (Å²) in [5, 5.41) is 3.30. The van der Waals surface area contributed by atoms with Crippen LogP contribution in [-0.2, 0) is 13.2 Å². The molecule has 5 heteroatoms. The van der Waals surface area contributed by atoms with Crippen molar-refractivity contribution in [3.63, 3.8) is 0 Å². The van der Waals surface area contributed by atoms with Gasteiger partial charge in [-0.25, -0.2) is 4.39 Å². The fourth-order valence-electron chi connectivity index (χ4n) is 1.89. The second-order valence-electron chi connectivity index (χ2n) is 5.23. The predicted molar refractivity (Wildman–Crippen MR) is 75.9 cm³/mol. The highest BCUT2D eigenvalue weighted by Gasteiger charge is 2.11. The molecular formula is C16H19F2NO2. The molecule has 2 rings (SSSR count). The smallest absolute Gasteiger partial charge is 0.200 e. The number of furan rings is 1. The average molecular weight is 295 g/mol. The van der Waals surface area contributed by atoms with Crippen LogP contribution >= 0.6 is 0 Å². The van der Waals surface area contributed by atoms with Crippen molar-refractivity contribution in [2.45, 2.75) is 27.0 Å². The zero-order chi connectivity index (χ0) is 15.2. The molecule has 114 valence electrons. The summed E-state index contributed by atoms with van der Waals surface area (Å²) in [7, 11) is 0. The lowest BCUT2D eigenvalue weighted by molar-refractivity contribution is 0.253. The maximum Gasteiger partial charge on any atom is 0.200 e. The zero-order valence-corrected chi connectivity index (χ0v) is 12.2. The van der Waals surface area contributed by atoms with Gasteiger partial charge in [-0.15, -0.1) is 0 Å². The predicted octanol–water partition coefficient (Wildman–Crippen LogP) is 3.88. The summed E-state index contributed by atoms with van der Waals surface area (Å²) in [5.74, 6) is -0.866. The van der Waals surface area contributed by atoms with Crippen LogP contribution in [0, 0.1) is 17.6 Å². The first-order chi connectivity index (χ1) is 10.1. The Morgan fingerprint density at radius 3 is 2.81 bits per heavy atom. The van der Waals surface area contributed by atoms with Gasteiger partial charge in [-0.2, -0.15) is 4.39 Å². The van der Waals surface area contributed by atoms with Crippen molar-refractivity contribution >= 4 is 0 Å². The van der Waals surface area contributed by atoms with Crippen LogP contribution in [0.3, 0.4) is 0 Å². The molecule has 1 aromatic carbocycles. The van der Waals surface area contributed by atoms with E-state index >= 15 is 0 Å². The van der Waals surface area contributed by atoms with Gasteiger partial charge in [0.1, 0.15) is 12.4 Å².